The Morgan fingerprint density at radius 2 is 1.56 bits per heavy atom. The average molecular weight is 152 g/mol. The van der Waals surface area contributed by atoms with E-state index >= 15 is 0 Å². The van der Waals surface area contributed by atoms with Gasteiger partial charge >= 0.3 is 0 Å². The van der Waals surface area contributed by atoms with Crippen molar-refractivity contribution in [2.24, 2.45) is 0 Å². The van der Waals surface area contributed by atoms with Gasteiger partial charge in [-0.15, -0.1) is 0 Å². The van der Waals surface area contributed by atoms with Crippen LogP contribution in [0.15, 0.2) is 0 Å². The van der Waals surface area contributed by atoms with Gasteiger partial charge in [0.2, 0.25) is 0 Å². The summed E-state index contributed by atoms with van der Waals surface area (Å²) in [5, 5.41) is 1.70. The first-order valence-electron chi connectivity index (χ1n) is 2.86. The quantitative estimate of drug-likeness (QED) is 0.350. The molecule has 0 saturated heterocycles. The molecule has 0 saturated carbocycles. The van der Waals surface area contributed by atoms with E-state index in [1.807, 2.05) is 13.8 Å². The fourth-order valence-electron chi connectivity index (χ4n) is 0.644. The summed E-state index contributed by atoms with van der Waals surface area (Å²) in [6.07, 6.45) is 0. The van der Waals surface area contributed by atoms with Crippen molar-refractivity contribution in [1.29, 1.82) is 0 Å². The van der Waals surface area contributed by atoms with Crippen molar-refractivity contribution >= 4 is 11.6 Å². The maximum absolute atomic E-state index is 5.90. The van der Waals surface area contributed by atoms with Gasteiger partial charge in [-0.05, 0) is 13.8 Å². The predicted octanol–water partition coefficient (Wildman–Crippen LogP) is 0.532. The maximum atomic E-state index is 5.90. The second kappa shape index (κ2) is 3.37. The minimum atomic E-state index is -0.399. The van der Waals surface area contributed by atoms with Crippen molar-refractivity contribution in [2.45, 2.75) is 18.8 Å². The van der Waals surface area contributed by atoms with E-state index in [-0.39, 0.29) is 0 Å². The van der Waals surface area contributed by atoms with Gasteiger partial charge in [0.15, 0.2) is 0 Å². The van der Waals surface area contributed by atoms with E-state index in [0.717, 1.165) is 0 Å². The normalized spacial score (nSPS) is 12.7. The molecule has 3 nitrogen and oxygen atoms in total. The number of hydrogen-bond donors (Lipinski definition) is 2. The van der Waals surface area contributed by atoms with Gasteiger partial charge in [-0.2, -0.15) is 5.12 Å². The molecule has 0 bridgehead atoms. The highest BCUT2D eigenvalue weighted by atomic mass is 35.5. The molecule has 0 aromatic carbocycles. The third-order valence-corrected chi connectivity index (χ3v) is 1.15. The molecular formula is C5H14ClN3. The smallest absolute Gasteiger partial charge is 0.118 e. The maximum Gasteiger partial charge on any atom is 0.118 e. The summed E-state index contributed by atoms with van der Waals surface area (Å²) in [7, 11) is 3.61. The molecule has 4 heteroatoms. The molecule has 0 spiro atoms. The molecule has 0 aromatic rings. The van der Waals surface area contributed by atoms with E-state index in [9.17, 15) is 0 Å². The number of hydrogen-bond acceptors (Lipinski definition) is 3. The molecule has 0 aliphatic rings. The van der Waals surface area contributed by atoms with Gasteiger partial charge in [0.05, 0.1) is 0 Å². The minimum Gasteiger partial charge on any atom is -0.243 e. The zero-order valence-electron chi connectivity index (χ0n) is 6.33. The largest absolute Gasteiger partial charge is 0.243 e. The minimum absolute atomic E-state index is 0.399. The van der Waals surface area contributed by atoms with Crippen LogP contribution in [-0.4, -0.2) is 24.2 Å². The van der Waals surface area contributed by atoms with Crippen molar-refractivity contribution < 1.29 is 0 Å². The third kappa shape index (κ3) is 3.01. The van der Waals surface area contributed by atoms with Crippen LogP contribution in [0.4, 0.5) is 0 Å². The average Bonchev–Trinajstić information content (AvgIpc) is 1.65. The first kappa shape index (κ1) is 9.17. The molecule has 56 valence electrons. The van der Waals surface area contributed by atoms with Crippen LogP contribution in [0, 0.1) is 0 Å². The van der Waals surface area contributed by atoms with E-state index in [2.05, 4.69) is 10.9 Å². The Morgan fingerprint density at radius 3 is 1.56 bits per heavy atom. The summed E-state index contributed by atoms with van der Waals surface area (Å²) in [5.74, 6) is 0. The van der Waals surface area contributed by atoms with E-state index in [4.69, 9.17) is 11.6 Å². The van der Waals surface area contributed by atoms with E-state index < -0.39 is 5.00 Å². The molecule has 0 aliphatic carbocycles. The van der Waals surface area contributed by atoms with Gasteiger partial charge < -0.3 is 0 Å². The molecule has 0 fully saturated rings. The highest BCUT2D eigenvalue weighted by Crippen LogP contribution is 2.13. The van der Waals surface area contributed by atoms with Crippen LogP contribution in [0.2, 0.25) is 0 Å². The second-order valence-electron chi connectivity index (χ2n) is 2.19. The van der Waals surface area contributed by atoms with Crippen LogP contribution in [0.3, 0.4) is 0 Å². The summed E-state index contributed by atoms with van der Waals surface area (Å²) < 4.78 is 0. The van der Waals surface area contributed by atoms with Crippen LogP contribution in [0.25, 0.3) is 0 Å². The van der Waals surface area contributed by atoms with Crippen LogP contribution in [0.1, 0.15) is 13.8 Å². The number of halogens is 1. The zero-order chi connectivity index (χ0) is 7.49. The highest BCUT2D eigenvalue weighted by molar-refractivity contribution is 6.22. The first-order valence-corrected chi connectivity index (χ1v) is 3.24. The Kier molecular flexibility index (Phi) is 3.43. The fourth-order valence-corrected chi connectivity index (χ4v) is 0.813. The number of nitrogens with one attached hydrogen (secondary N) is 2. The van der Waals surface area contributed by atoms with Gasteiger partial charge in [0.25, 0.3) is 0 Å². The molecule has 0 atom stereocenters. The molecule has 0 amide bonds. The molecule has 9 heavy (non-hydrogen) atoms. The molecule has 0 aliphatic heterocycles. The van der Waals surface area contributed by atoms with Crippen molar-refractivity contribution in [1.82, 2.24) is 16.0 Å². The van der Waals surface area contributed by atoms with Crippen LogP contribution < -0.4 is 10.9 Å². The second-order valence-corrected chi connectivity index (χ2v) is 3.12. The van der Waals surface area contributed by atoms with Crippen molar-refractivity contribution in [3.8, 4) is 0 Å². The number of alkyl halides is 1. The number of rotatable bonds is 3. The Hall–Kier alpha value is 0.170. The topological polar surface area (TPSA) is 27.3 Å². The lowest BCUT2D eigenvalue weighted by atomic mass is 10.4. The zero-order valence-corrected chi connectivity index (χ0v) is 7.08. The van der Waals surface area contributed by atoms with E-state index in [1.165, 1.54) is 0 Å². The molecular weight excluding hydrogens is 138 g/mol. The third-order valence-electron chi connectivity index (χ3n) is 0.979. The number of hydrazine groups is 2. The molecule has 0 unspecified atom stereocenters. The Morgan fingerprint density at radius 1 is 1.22 bits per heavy atom. The van der Waals surface area contributed by atoms with E-state index in [1.54, 1.807) is 19.2 Å². The Labute approximate surface area is 61.3 Å². The lowest BCUT2D eigenvalue weighted by molar-refractivity contribution is 0.0768. The van der Waals surface area contributed by atoms with Gasteiger partial charge in [0, 0.05) is 14.1 Å². The van der Waals surface area contributed by atoms with Crippen LogP contribution in [0.5, 0.6) is 0 Å². The lowest BCUT2D eigenvalue weighted by Gasteiger charge is -2.30. The molecule has 0 rings (SSSR count). The monoisotopic (exact) mass is 151 g/mol. The van der Waals surface area contributed by atoms with Crippen LogP contribution >= 0.6 is 11.6 Å². The molecule has 2 N–H and O–H groups in total. The van der Waals surface area contributed by atoms with Crippen molar-refractivity contribution in [3.05, 3.63) is 0 Å². The van der Waals surface area contributed by atoms with Gasteiger partial charge in [-0.25, -0.2) is 10.9 Å². The molecule has 0 radical (unpaired) electrons. The summed E-state index contributed by atoms with van der Waals surface area (Å²) in [5.41, 5.74) is 5.76. The van der Waals surface area contributed by atoms with Crippen LogP contribution in [-0.2, 0) is 0 Å². The van der Waals surface area contributed by atoms with Gasteiger partial charge in [-0.1, -0.05) is 11.6 Å². The number of nitrogens with zero attached hydrogens (tertiary/aromatic N) is 1. The van der Waals surface area contributed by atoms with Gasteiger partial charge in [0.1, 0.15) is 5.00 Å². The van der Waals surface area contributed by atoms with Gasteiger partial charge in [-0.3, -0.25) is 0 Å². The van der Waals surface area contributed by atoms with Crippen molar-refractivity contribution in [3.63, 3.8) is 0 Å². The fraction of sp³-hybridized carbons (Fsp3) is 1.00. The standard InChI is InChI=1S/C5H14ClN3/c1-5(2,6)9(7-3)8-4/h7-8H,1-4H3. The summed E-state index contributed by atoms with van der Waals surface area (Å²) in [6.45, 7) is 3.78. The predicted molar refractivity (Wildman–Crippen MR) is 39.9 cm³/mol. The first-order chi connectivity index (χ1) is 4.02. The molecule has 0 aromatic heterocycles. The highest BCUT2D eigenvalue weighted by Gasteiger charge is 2.20. The Balaban J connectivity index is 3.79. The lowest BCUT2D eigenvalue weighted by Crippen LogP contribution is -2.53. The SMILES string of the molecule is CNN(NC)C(C)(C)Cl. The summed E-state index contributed by atoms with van der Waals surface area (Å²) >= 11 is 5.90. The van der Waals surface area contributed by atoms with Crippen molar-refractivity contribution in [2.75, 3.05) is 14.1 Å². The summed E-state index contributed by atoms with van der Waals surface area (Å²) in [6, 6.07) is 0. The Bertz CT molecular complexity index is 74.8. The summed E-state index contributed by atoms with van der Waals surface area (Å²) in [4.78, 5) is -0.399. The van der Waals surface area contributed by atoms with E-state index in [0.29, 0.717) is 0 Å². The molecule has 0 heterocycles.